The van der Waals surface area contributed by atoms with Crippen molar-refractivity contribution in [2.45, 2.75) is 38.5 Å². The molecule has 1 unspecified atom stereocenters. The monoisotopic (exact) mass is 314 g/mol. The maximum absolute atomic E-state index is 12.5. The molecule has 3 heterocycles. The summed E-state index contributed by atoms with van der Waals surface area (Å²) in [6.07, 6.45) is 10.8. The first kappa shape index (κ1) is 15.7. The topological polar surface area (TPSA) is 60.3 Å². The molecular formula is C17H22N4O2. The van der Waals surface area contributed by atoms with Gasteiger partial charge in [-0.3, -0.25) is 9.78 Å². The van der Waals surface area contributed by atoms with Gasteiger partial charge in [0.15, 0.2) is 0 Å². The van der Waals surface area contributed by atoms with Crippen molar-refractivity contribution in [3.63, 3.8) is 0 Å². The lowest BCUT2D eigenvalue weighted by Gasteiger charge is -2.33. The van der Waals surface area contributed by atoms with E-state index in [-0.39, 0.29) is 18.1 Å². The van der Waals surface area contributed by atoms with Crippen molar-refractivity contribution in [1.82, 2.24) is 19.4 Å². The molecule has 1 atom stereocenters. The Morgan fingerprint density at radius 3 is 2.83 bits per heavy atom. The normalized spacial score (nSPS) is 17.2. The summed E-state index contributed by atoms with van der Waals surface area (Å²) in [5.41, 5.74) is 1.08. The molecule has 1 aliphatic rings. The Balaban J connectivity index is 1.45. The summed E-state index contributed by atoms with van der Waals surface area (Å²) < 4.78 is 7.78. The van der Waals surface area contributed by atoms with Crippen LogP contribution in [0.15, 0.2) is 43.2 Å². The number of carbonyl (C=O) groups is 1. The van der Waals surface area contributed by atoms with Crippen LogP contribution in [-0.2, 0) is 16.1 Å². The van der Waals surface area contributed by atoms with E-state index >= 15 is 0 Å². The number of likely N-dealkylation sites (tertiary alicyclic amines) is 1. The molecule has 2 aromatic rings. The molecule has 0 spiro atoms. The van der Waals surface area contributed by atoms with Gasteiger partial charge >= 0.3 is 0 Å². The lowest BCUT2D eigenvalue weighted by atomic mass is 10.1. The SMILES string of the molecule is CC(C(=O)N1CCC(OCc2cccnc2)CC1)n1ccnc1. The molecule has 0 radical (unpaired) electrons. The second-order valence-electron chi connectivity index (χ2n) is 5.88. The maximum Gasteiger partial charge on any atom is 0.245 e. The van der Waals surface area contributed by atoms with Gasteiger partial charge < -0.3 is 14.2 Å². The Morgan fingerprint density at radius 2 is 2.17 bits per heavy atom. The fourth-order valence-corrected chi connectivity index (χ4v) is 2.83. The minimum atomic E-state index is -0.203. The molecule has 6 nitrogen and oxygen atoms in total. The number of carbonyl (C=O) groups excluding carboxylic acids is 1. The van der Waals surface area contributed by atoms with Gasteiger partial charge in [0.1, 0.15) is 6.04 Å². The smallest absolute Gasteiger partial charge is 0.245 e. The van der Waals surface area contributed by atoms with Gasteiger partial charge in [0.05, 0.1) is 19.0 Å². The van der Waals surface area contributed by atoms with Crippen LogP contribution in [0, 0.1) is 0 Å². The average Bonchev–Trinajstić information content (AvgIpc) is 3.15. The second kappa shape index (κ2) is 7.37. The van der Waals surface area contributed by atoms with Gasteiger partial charge in [-0.05, 0) is 31.4 Å². The Morgan fingerprint density at radius 1 is 1.35 bits per heavy atom. The van der Waals surface area contributed by atoms with E-state index in [1.165, 1.54) is 0 Å². The number of nitrogens with zero attached hydrogens (tertiary/aromatic N) is 4. The molecule has 0 saturated carbocycles. The van der Waals surface area contributed by atoms with E-state index in [4.69, 9.17) is 4.74 Å². The summed E-state index contributed by atoms with van der Waals surface area (Å²) >= 11 is 0. The number of aromatic nitrogens is 3. The quantitative estimate of drug-likeness (QED) is 0.847. The zero-order chi connectivity index (χ0) is 16.1. The highest BCUT2D eigenvalue weighted by Gasteiger charge is 2.26. The first-order chi connectivity index (χ1) is 11.2. The number of ether oxygens (including phenoxy) is 1. The molecule has 0 aliphatic carbocycles. The van der Waals surface area contributed by atoms with E-state index in [9.17, 15) is 4.79 Å². The predicted octanol–water partition coefficient (Wildman–Crippen LogP) is 2.05. The van der Waals surface area contributed by atoms with Crippen molar-refractivity contribution >= 4 is 5.91 Å². The van der Waals surface area contributed by atoms with Gasteiger partial charge in [0.2, 0.25) is 5.91 Å². The van der Waals surface area contributed by atoms with Gasteiger partial charge in [-0.15, -0.1) is 0 Å². The third kappa shape index (κ3) is 3.96. The van der Waals surface area contributed by atoms with Crippen molar-refractivity contribution in [2.75, 3.05) is 13.1 Å². The summed E-state index contributed by atoms with van der Waals surface area (Å²) in [5.74, 6) is 0.147. The Bertz CT molecular complexity index is 607. The summed E-state index contributed by atoms with van der Waals surface area (Å²) in [6, 6.07) is 3.72. The zero-order valence-electron chi connectivity index (χ0n) is 13.3. The molecule has 1 aliphatic heterocycles. The maximum atomic E-state index is 12.5. The summed E-state index contributed by atoms with van der Waals surface area (Å²) in [5, 5.41) is 0. The number of amides is 1. The molecule has 2 aromatic heterocycles. The second-order valence-corrected chi connectivity index (χ2v) is 5.88. The van der Waals surface area contributed by atoms with Crippen LogP contribution in [0.4, 0.5) is 0 Å². The minimum absolute atomic E-state index is 0.147. The molecule has 6 heteroatoms. The predicted molar refractivity (Wildman–Crippen MR) is 85.6 cm³/mol. The van der Waals surface area contributed by atoms with E-state index in [1.807, 2.05) is 40.9 Å². The van der Waals surface area contributed by atoms with Crippen LogP contribution in [0.2, 0.25) is 0 Å². The van der Waals surface area contributed by atoms with E-state index in [1.54, 1.807) is 18.7 Å². The van der Waals surface area contributed by atoms with Crippen LogP contribution >= 0.6 is 0 Å². The number of hydrogen-bond acceptors (Lipinski definition) is 4. The van der Waals surface area contributed by atoms with Gasteiger partial charge in [0.25, 0.3) is 0 Å². The van der Waals surface area contributed by atoms with Crippen molar-refractivity contribution in [1.29, 1.82) is 0 Å². The molecule has 1 fully saturated rings. The zero-order valence-corrected chi connectivity index (χ0v) is 13.3. The molecule has 0 bridgehead atoms. The van der Waals surface area contributed by atoms with Crippen LogP contribution < -0.4 is 0 Å². The standard InChI is InChI=1S/C17H22N4O2/c1-14(21-10-7-19-13-21)17(22)20-8-4-16(5-9-20)23-12-15-3-2-6-18-11-15/h2-3,6-7,10-11,13-14,16H,4-5,8-9,12H2,1H3. The van der Waals surface area contributed by atoms with E-state index in [0.29, 0.717) is 6.61 Å². The Labute approximate surface area is 136 Å². The van der Waals surface area contributed by atoms with Crippen LogP contribution in [0.1, 0.15) is 31.4 Å². The summed E-state index contributed by atoms with van der Waals surface area (Å²) in [4.78, 5) is 22.5. The van der Waals surface area contributed by atoms with E-state index in [2.05, 4.69) is 9.97 Å². The number of pyridine rings is 1. The molecule has 3 rings (SSSR count). The molecule has 0 N–H and O–H groups in total. The fourth-order valence-electron chi connectivity index (χ4n) is 2.83. The first-order valence-electron chi connectivity index (χ1n) is 8.01. The number of hydrogen-bond donors (Lipinski definition) is 0. The van der Waals surface area contributed by atoms with Gasteiger partial charge in [-0.25, -0.2) is 4.98 Å². The Kier molecular flexibility index (Phi) is 5.02. The molecule has 0 aromatic carbocycles. The largest absolute Gasteiger partial charge is 0.373 e. The summed E-state index contributed by atoms with van der Waals surface area (Å²) in [6.45, 7) is 3.98. The lowest BCUT2D eigenvalue weighted by molar-refractivity contribution is -0.137. The van der Waals surface area contributed by atoms with Crippen molar-refractivity contribution < 1.29 is 9.53 Å². The fraction of sp³-hybridized carbons (Fsp3) is 0.471. The van der Waals surface area contributed by atoms with Gasteiger partial charge in [-0.1, -0.05) is 6.07 Å². The number of rotatable bonds is 5. The third-order valence-electron chi connectivity index (χ3n) is 4.29. The molecule has 122 valence electrons. The van der Waals surface area contributed by atoms with Gasteiger partial charge in [0, 0.05) is 37.9 Å². The minimum Gasteiger partial charge on any atom is -0.373 e. The van der Waals surface area contributed by atoms with Crippen LogP contribution in [0.3, 0.4) is 0 Å². The van der Waals surface area contributed by atoms with Crippen LogP contribution in [0.25, 0.3) is 0 Å². The number of imidazole rings is 1. The third-order valence-corrected chi connectivity index (χ3v) is 4.29. The molecule has 23 heavy (non-hydrogen) atoms. The average molecular weight is 314 g/mol. The van der Waals surface area contributed by atoms with E-state index < -0.39 is 0 Å². The van der Waals surface area contributed by atoms with Crippen LogP contribution in [0.5, 0.6) is 0 Å². The first-order valence-corrected chi connectivity index (χ1v) is 8.01. The van der Waals surface area contributed by atoms with E-state index in [0.717, 1.165) is 31.5 Å². The molecule has 1 amide bonds. The van der Waals surface area contributed by atoms with Gasteiger partial charge in [-0.2, -0.15) is 0 Å². The van der Waals surface area contributed by atoms with Crippen LogP contribution in [-0.4, -0.2) is 44.5 Å². The van der Waals surface area contributed by atoms with Crippen molar-refractivity contribution in [2.24, 2.45) is 0 Å². The highest BCUT2D eigenvalue weighted by atomic mass is 16.5. The Hall–Kier alpha value is -2.21. The van der Waals surface area contributed by atoms with Crippen molar-refractivity contribution in [3.8, 4) is 0 Å². The molecule has 1 saturated heterocycles. The summed E-state index contributed by atoms with van der Waals surface area (Å²) in [7, 11) is 0. The highest BCUT2D eigenvalue weighted by Crippen LogP contribution is 2.19. The van der Waals surface area contributed by atoms with Crippen molar-refractivity contribution in [3.05, 3.63) is 48.8 Å². The lowest BCUT2D eigenvalue weighted by Crippen LogP contribution is -2.43. The molecular weight excluding hydrogens is 292 g/mol. The highest BCUT2D eigenvalue weighted by molar-refractivity contribution is 5.80. The number of piperidine rings is 1.